The van der Waals surface area contributed by atoms with Crippen molar-refractivity contribution in [3.63, 3.8) is 0 Å². The Morgan fingerprint density at radius 1 is 0.929 bits per heavy atom. The number of hydrogen-bond acceptors (Lipinski definition) is 9. The number of nitrogens with zero attached hydrogens (tertiary/aromatic N) is 2. The molecular weight excluding hydrogens is 727 g/mol. The minimum Gasteiger partial charge on any atom is -0.748 e. The minimum absolute atomic E-state index is 0. The first-order chi connectivity index (χ1) is 19.3. The van der Waals surface area contributed by atoms with Gasteiger partial charge in [-0.25, -0.2) is 16.8 Å². The first-order valence-corrected chi connectivity index (χ1v) is 19.6. The maximum Gasteiger partial charge on any atom is 1.00 e. The summed E-state index contributed by atoms with van der Waals surface area (Å²) < 4.78 is 81.7. The van der Waals surface area contributed by atoms with Crippen LogP contribution in [0.1, 0.15) is 77.6 Å². The molecule has 0 aromatic carbocycles. The number of unbranched alkanes of at least 4 members (excludes halogenated alkanes) is 2. The fraction of sp³-hybridized carbons (Fsp3) is 0.815. The summed E-state index contributed by atoms with van der Waals surface area (Å²) in [6.45, 7) is 3.29. The smallest absolute Gasteiger partial charge is 0.748 e. The Morgan fingerprint density at radius 2 is 1.55 bits per heavy atom. The van der Waals surface area contributed by atoms with Crippen molar-refractivity contribution in [3.8, 4) is 0 Å². The van der Waals surface area contributed by atoms with Crippen LogP contribution in [0, 0.1) is 0 Å². The van der Waals surface area contributed by atoms with Crippen LogP contribution >= 0.6 is 31.9 Å². The number of halogens is 2. The van der Waals surface area contributed by atoms with Gasteiger partial charge in [0, 0.05) is 46.6 Å². The fourth-order valence-corrected chi connectivity index (χ4v) is 8.72. The molecule has 6 unspecified atom stereocenters. The Labute approximate surface area is 289 Å². The molecule has 42 heavy (non-hydrogen) atoms. The molecule has 4 aliphatic rings. The number of allylic oxidation sites excluding steroid dienone is 2. The topological polar surface area (TPSA) is 139 Å². The number of rotatable bonds is 13. The van der Waals surface area contributed by atoms with Crippen molar-refractivity contribution < 1.29 is 69.5 Å². The Bertz CT molecular complexity index is 1240. The molecule has 0 aromatic heterocycles. The van der Waals surface area contributed by atoms with Crippen molar-refractivity contribution in [1.29, 1.82) is 0 Å². The zero-order valence-corrected chi connectivity index (χ0v) is 31.3. The van der Waals surface area contributed by atoms with Crippen LogP contribution in [0.15, 0.2) is 23.6 Å². The average Bonchev–Trinajstić information content (AvgIpc) is 3.39. The standard InChI is InChI=1S/C27H42Br2N2O8S2.Na/c1-2-19(15-26-30(11-3-5-13-40(32,33)34)22-17-20(28)7-9-24(22)38-26)16-27-31(12-4-6-14-41(35,36)37)23-18-21(29)8-10-25(23)39-27;/h15-16,20-25H,2-14,17-18H2,1H3,(H-,32,33,34,35,36,37);/q;+1/p-1. The zero-order valence-electron chi connectivity index (χ0n) is 24.5. The number of ether oxygens (including phenoxy) is 2. The van der Waals surface area contributed by atoms with Gasteiger partial charge in [-0.15, -0.1) is 0 Å². The molecule has 0 aromatic rings. The monoisotopic (exact) mass is 766 g/mol. The van der Waals surface area contributed by atoms with E-state index in [9.17, 15) is 25.9 Å². The summed E-state index contributed by atoms with van der Waals surface area (Å²) in [6.07, 6.45) is 12.5. The molecule has 10 nitrogen and oxygen atoms in total. The van der Waals surface area contributed by atoms with Gasteiger partial charge in [-0.2, -0.15) is 4.58 Å². The summed E-state index contributed by atoms with van der Waals surface area (Å²) in [5.41, 5.74) is 1.03. The van der Waals surface area contributed by atoms with E-state index in [1.54, 1.807) is 0 Å². The normalized spacial score (nSPS) is 30.9. The third-order valence-corrected chi connectivity index (χ3v) is 11.6. The second-order valence-electron chi connectivity index (χ2n) is 11.5. The minimum atomic E-state index is -4.24. The Hall–Kier alpha value is 0.330. The summed E-state index contributed by atoms with van der Waals surface area (Å²) in [5, 5.41) is 0. The van der Waals surface area contributed by atoms with E-state index in [2.05, 4.69) is 60.4 Å². The van der Waals surface area contributed by atoms with Gasteiger partial charge in [0.25, 0.3) is 0 Å². The van der Waals surface area contributed by atoms with Gasteiger partial charge in [0.2, 0.25) is 0 Å². The molecule has 234 valence electrons. The van der Waals surface area contributed by atoms with Gasteiger partial charge in [-0.1, -0.05) is 38.8 Å². The van der Waals surface area contributed by atoms with Gasteiger partial charge in [-0.3, -0.25) is 0 Å². The Morgan fingerprint density at radius 3 is 2.19 bits per heavy atom. The second-order valence-corrected chi connectivity index (χ2v) is 17.1. The zero-order chi connectivity index (χ0) is 29.8. The van der Waals surface area contributed by atoms with E-state index in [1.807, 2.05) is 0 Å². The van der Waals surface area contributed by atoms with E-state index in [4.69, 9.17) is 9.47 Å². The molecule has 2 saturated carbocycles. The average molecular weight is 769 g/mol. The van der Waals surface area contributed by atoms with Gasteiger partial charge in [0.1, 0.15) is 12.6 Å². The summed E-state index contributed by atoms with van der Waals surface area (Å²) in [5.74, 6) is 0.812. The van der Waals surface area contributed by atoms with Crippen LogP contribution in [-0.4, -0.2) is 99.9 Å². The third-order valence-electron chi connectivity index (χ3n) is 8.41. The van der Waals surface area contributed by atoms with E-state index < -0.39 is 20.2 Å². The summed E-state index contributed by atoms with van der Waals surface area (Å²) in [7, 11) is -8.47. The van der Waals surface area contributed by atoms with Crippen molar-refractivity contribution >= 4 is 58.0 Å². The maximum absolute atomic E-state index is 11.1. The first-order valence-electron chi connectivity index (χ1n) is 14.6. The van der Waals surface area contributed by atoms with Crippen molar-refractivity contribution in [2.45, 2.75) is 111 Å². The van der Waals surface area contributed by atoms with Crippen LogP contribution in [0.25, 0.3) is 0 Å². The summed E-state index contributed by atoms with van der Waals surface area (Å²) >= 11 is 7.53. The molecule has 2 heterocycles. The number of alkyl halides is 2. The van der Waals surface area contributed by atoms with Gasteiger partial charge >= 0.3 is 35.5 Å². The van der Waals surface area contributed by atoms with E-state index in [-0.39, 0.29) is 65.4 Å². The van der Waals surface area contributed by atoms with Gasteiger partial charge in [0.05, 0.1) is 32.4 Å². The van der Waals surface area contributed by atoms with E-state index in [1.165, 1.54) is 0 Å². The van der Waals surface area contributed by atoms with E-state index >= 15 is 0 Å². The summed E-state index contributed by atoms with van der Waals surface area (Å²) in [4.78, 5) is 3.02. The second kappa shape index (κ2) is 16.2. The van der Waals surface area contributed by atoms with E-state index in [0.717, 1.165) is 62.3 Å². The molecule has 2 aliphatic carbocycles. The van der Waals surface area contributed by atoms with Crippen molar-refractivity contribution in [3.05, 3.63) is 23.6 Å². The van der Waals surface area contributed by atoms with Crippen LogP contribution in [0.3, 0.4) is 0 Å². The molecule has 0 spiro atoms. The van der Waals surface area contributed by atoms with Gasteiger partial charge < -0.3 is 23.5 Å². The van der Waals surface area contributed by atoms with Crippen LogP contribution in [0.4, 0.5) is 0 Å². The Balaban J connectivity index is 0.00000484. The van der Waals surface area contributed by atoms with Crippen molar-refractivity contribution in [2.75, 3.05) is 24.6 Å². The Kier molecular flexibility index (Phi) is 14.2. The van der Waals surface area contributed by atoms with Crippen LogP contribution < -0.4 is 29.6 Å². The van der Waals surface area contributed by atoms with E-state index in [0.29, 0.717) is 48.4 Å². The summed E-state index contributed by atoms with van der Waals surface area (Å²) in [6, 6.07) is 0.369. The maximum atomic E-state index is 11.1. The molecule has 0 bridgehead atoms. The van der Waals surface area contributed by atoms with Crippen molar-refractivity contribution in [2.24, 2.45) is 0 Å². The van der Waals surface area contributed by atoms with Gasteiger partial charge in [-0.05, 0) is 63.4 Å². The molecule has 15 heteroatoms. The van der Waals surface area contributed by atoms with Crippen LogP contribution in [0.2, 0.25) is 0 Å². The van der Waals surface area contributed by atoms with Crippen LogP contribution in [-0.2, 0) is 29.7 Å². The van der Waals surface area contributed by atoms with Crippen molar-refractivity contribution in [1.82, 2.24) is 4.90 Å². The largest absolute Gasteiger partial charge is 1.00 e. The molecule has 1 saturated heterocycles. The van der Waals surface area contributed by atoms with Crippen LogP contribution in [0.5, 0.6) is 0 Å². The molecule has 0 radical (unpaired) electrons. The molecule has 0 N–H and O–H groups in total. The molecule has 4 rings (SSSR count). The quantitative estimate of drug-likeness (QED) is 0.0883. The molecular formula is C27H41Br2N2NaO8S2. The SMILES string of the molecule is CCC(=CC1=[N+](CCCCS(=O)(=O)[O-])C2CC(Br)CCC2O1)C=C1OC2CCC(Br)CC2N1CCCCS(=O)(=O)[O-].[Na+]. The predicted molar refractivity (Wildman–Crippen MR) is 161 cm³/mol. The molecule has 0 amide bonds. The fourth-order valence-electron chi connectivity index (χ4n) is 6.31. The molecule has 2 aliphatic heterocycles. The molecule has 6 atom stereocenters. The number of hydrogen-bond donors (Lipinski definition) is 0. The molecule has 3 fully saturated rings. The third kappa shape index (κ3) is 10.7. The number of fused-ring (bicyclic) bond motifs is 2. The van der Waals surface area contributed by atoms with Gasteiger partial charge in [0.15, 0.2) is 18.0 Å². The predicted octanol–water partition coefficient (Wildman–Crippen LogP) is 0.962. The first kappa shape index (κ1) is 36.8.